The molecule has 0 radical (unpaired) electrons. The van der Waals surface area contributed by atoms with Crippen molar-refractivity contribution in [1.82, 2.24) is 10.6 Å². The molecule has 1 heterocycles. The normalized spacial score (nSPS) is 15.1. The van der Waals surface area contributed by atoms with Crippen molar-refractivity contribution in [2.45, 2.75) is 20.0 Å². The Bertz CT molecular complexity index is 752. The molecule has 9 heteroatoms. The van der Waals surface area contributed by atoms with Gasteiger partial charge in [-0.15, -0.1) is 0 Å². The molecule has 8 nitrogen and oxygen atoms in total. The molecule has 2 rings (SSSR count). The summed E-state index contributed by atoms with van der Waals surface area (Å²) in [6, 6.07) is 4.64. The Morgan fingerprint density at radius 3 is 2.48 bits per heavy atom. The molecule has 1 aliphatic heterocycles. The Hall–Kier alpha value is -2.94. The predicted molar refractivity (Wildman–Crippen MR) is 92.2 cm³/mol. The number of thiocarbonyl (C=S) groups is 1. The molecule has 3 N–H and O–H groups in total. The van der Waals surface area contributed by atoms with Crippen LogP contribution in [0.5, 0.6) is 11.5 Å². The average Bonchev–Trinajstić information content (AvgIpc) is 2.53. The van der Waals surface area contributed by atoms with E-state index in [1.54, 1.807) is 19.1 Å². The highest BCUT2D eigenvalue weighted by atomic mass is 32.1. The number of amides is 2. The Labute approximate surface area is 148 Å². The van der Waals surface area contributed by atoms with Crippen molar-refractivity contribution >= 4 is 41.2 Å². The van der Waals surface area contributed by atoms with Gasteiger partial charge in [-0.25, -0.2) is 4.79 Å². The number of carboxylic acids is 1. The fourth-order valence-electron chi connectivity index (χ4n) is 1.99. The largest absolute Gasteiger partial charge is 0.490 e. The van der Waals surface area contributed by atoms with Crippen LogP contribution in [-0.4, -0.2) is 40.7 Å². The van der Waals surface area contributed by atoms with E-state index < -0.39 is 23.9 Å². The maximum absolute atomic E-state index is 11.9. The lowest BCUT2D eigenvalue weighted by atomic mass is 10.1. The number of rotatable bonds is 6. The standard InChI is InChI=1S/C16H16N2O6S/c1-3-23-12-7-9(4-5-11(12)24-8(2)15(21)22)6-10-13(19)17-16(25)18-14(10)20/h4-8H,3H2,1-2H3,(H,21,22)(H2,17,18,19,20,25). The van der Waals surface area contributed by atoms with Crippen LogP contribution in [0.1, 0.15) is 19.4 Å². The van der Waals surface area contributed by atoms with E-state index in [1.165, 1.54) is 19.1 Å². The van der Waals surface area contributed by atoms with E-state index in [4.69, 9.17) is 26.8 Å². The number of carbonyl (C=O) groups is 3. The maximum atomic E-state index is 11.9. The van der Waals surface area contributed by atoms with Gasteiger partial charge in [-0.3, -0.25) is 20.2 Å². The zero-order valence-corrected chi connectivity index (χ0v) is 14.3. The number of hydrogen-bond donors (Lipinski definition) is 3. The zero-order chi connectivity index (χ0) is 18.6. The first kappa shape index (κ1) is 18.4. The summed E-state index contributed by atoms with van der Waals surface area (Å²) in [5.74, 6) is -1.77. The highest BCUT2D eigenvalue weighted by Crippen LogP contribution is 2.30. The number of ether oxygens (including phenoxy) is 2. The molecule has 1 unspecified atom stereocenters. The van der Waals surface area contributed by atoms with E-state index in [-0.39, 0.29) is 16.4 Å². The average molecular weight is 364 g/mol. The SMILES string of the molecule is CCOc1cc(C=C2C(=O)NC(=S)NC2=O)ccc1OC(C)C(=O)O. The van der Waals surface area contributed by atoms with Crippen molar-refractivity contribution in [3.63, 3.8) is 0 Å². The highest BCUT2D eigenvalue weighted by Gasteiger charge is 2.25. The van der Waals surface area contributed by atoms with Gasteiger partial charge in [0.05, 0.1) is 6.61 Å². The summed E-state index contributed by atoms with van der Waals surface area (Å²) in [7, 11) is 0. The van der Waals surface area contributed by atoms with Gasteiger partial charge in [0.2, 0.25) is 0 Å². The van der Waals surface area contributed by atoms with E-state index in [0.29, 0.717) is 17.9 Å². The minimum atomic E-state index is -1.11. The molecule has 1 fully saturated rings. The van der Waals surface area contributed by atoms with Crippen LogP contribution >= 0.6 is 12.2 Å². The van der Waals surface area contributed by atoms with Crippen LogP contribution in [-0.2, 0) is 14.4 Å². The van der Waals surface area contributed by atoms with Crippen molar-refractivity contribution in [2.24, 2.45) is 0 Å². The summed E-state index contributed by atoms with van der Waals surface area (Å²) in [6.45, 7) is 3.49. The molecule has 2 amide bonds. The third-order valence-electron chi connectivity index (χ3n) is 3.17. The van der Waals surface area contributed by atoms with Crippen molar-refractivity contribution in [3.05, 3.63) is 29.3 Å². The van der Waals surface area contributed by atoms with Gasteiger partial charge in [0.1, 0.15) is 5.57 Å². The van der Waals surface area contributed by atoms with Crippen LogP contribution in [0, 0.1) is 0 Å². The first-order valence-electron chi connectivity index (χ1n) is 7.36. The summed E-state index contributed by atoms with van der Waals surface area (Å²) in [5.41, 5.74) is 0.399. The first-order valence-corrected chi connectivity index (χ1v) is 7.77. The first-order chi connectivity index (χ1) is 11.8. The Morgan fingerprint density at radius 1 is 1.28 bits per heavy atom. The van der Waals surface area contributed by atoms with Crippen LogP contribution in [0.3, 0.4) is 0 Å². The lowest BCUT2D eigenvalue weighted by Gasteiger charge is -2.17. The second-order valence-corrected chi connectivity index (χ2v) is 5.44. The number of carboxylic acid groups (broad SMARTS) is 1. The minimum Gasteiger partial charge on any atom is -0.490 e. The molecular formula is C16H16N2O6S. The second-order valence-electron chi connectivity index (χ2n) is 5.03. The highest BCUT2D eigenvalue weighted by molar-refractivity contribution is 7.80. The molecule has 1 aromatic rings. The van der Waals surface area contributed by atoms with Crippen molar-refractivity contribution in [1.29, 1.82) is 0 Å². The smallest absolute Gasteiger partial charge is 0.344 e. The molecule has 25 heavy (non-hydrogen) atoms. The molecule has 0 aliphatic carbocycles. The fourth-order valence-corrected chi connectivity index (χ4v) is 2.18. The Morgan fingerprint density at radius 2 is 1.92 bits per heavy atom. The van der Waals surface area contributed by atoms with E-state index >= 15 is 0 Å². The van der Waals surface area contributed by atoms with E-state index in [9.17, 15) is 14.4 Å². The van der Waals surface area contributed by atoms with Gasteiger partial charge in [-0.2, -0.15) is 0 Å². The monoisotopic (exact) mass is 364 g/mol. The molecule has 1 atom stereocenters. The Balaban J connectivity index is 2.33. The lowest BCUT2D eigenvalue weighted by molar-refractivity contribution is -0.144. The van der Waals surface area contributed by atoms with Gasteiger partial charge in [0.15, 0.2) is 22.7 Å². The predicted octanol–water partition coefficient (Wildman–Crippen LogP) is 0.851. The van der Waals surface area contributed by atoms with Crippen molar-refractivity contribution < 1.29 is 29.0 Å². The number of benzene rings is 1. The minimum absolute atomic E-state index is 0.0476. The molecule has 0 saturated carbocycles. The van der Waals surface area contributed by atoms with Crippen LogP contribution < -0.4 is 20.1 Å². The topological polar surface area (TPSA) is 114 Å². The quantitative estimate of drug-likeness (QED) is 0.389. The molecule has 0 aromatic heterocycles. The molecular weight excluding hydrogens is 348 g/mol. The molecule has 1 aromatic carbocycles. The maximum Gasteiger partial charge on any atom is 0.344 e. The fraction of sp³-hybridized carbons (Fsp3) is 0.250. The summed E-state index contributed by atoms with van der Waals surface area (Å²) in [4.78, 5) is 34.7. The second kappa shape index (κ2) is 7.75. The van der Waals surface area contributed by atoms with Crippen LogP contribution in [0.25, 0.3) is 6.08 Å². The summed E-state index contributed by atoms with van der Waals surface area (Å²) < 4.78 is 10.8. The summed E-state index contributed by atoms with van der Waals surface area (Å²) >= 11 is 4.74. The Kier molecular flexibility index (Phi) is 5.71. The third-order valence-corrected chi connectivity index (χ3v) is 3.38. The molecule has 132 valence electrons. The van der Waals surface area contributed by atoms with Crippen molar-refractivity contribution in [3.8, 4) is 11.5 Å². The third kappa shape index (κ3) is 4.54. The number of nitrogens with one attached hydrogen (secondary N) is 2. The summed E-state index contributed by atoms with van der Waals surface area (Å²) in [6.07, 6.45) is 0.318. The zero-order valence-electron chi connectivity index (χ0n) is 13.5. The van der Waals surface area contributed by atoms with Crippen LogP contribution in [0.2, 0.25) is 0 Å². The van der Waals surface area contributed by atoms with Crippen molar-refractivity contribution in [2.75, 3.05) is 6.61 Å². The van der Waals surface area contributed by atoms with Gasteiger partial charge in [0.25, 0.3) is 11.8 Å². The van der Waals surface area contributed by atoms with E-state index in [0.717, 1.165) is 0 Å². The molecule has 0 bridgehead atoms. The molecule has 1 aliphatic rings. The van der Waals surface area contributed by atoms with Crippen LogP contribution in [0.15, 0.2) is 23.8 Å². The molecule has 1 saturated heterocycles. The number of carbonyl (C=O) groups excluding carboxylic acids is 2. The lowest BCUT2D eigenvalue weighted by Crippen LogP contribution is -2.51. The van der Waals surface area contributed by atoms with E-state index in [1.807, 2.05) is 0 Å². The van der Waals surface area contributed by atoms with Gasteiger partial charge in [0, 0.05) is 0 Å². The number of hydrogen-bond acceptors (Lipinski definition) is 6. The van der Waals surface area contributed by atoms with Gasteiger partial charge in [-0.1, -0.05) is 6.07 Å². The van der Waals surface area contributed by atoms with Gasteiger partial charge < -0.3 is 14.6 Å². The number of aliphatic carboxylic acids is 1. The van der Waals surface area contributed by atoms with Crippen LogP contribution in [0.4, 0.5) is 0 Å². The summed E-state index contributed by atoms with van der Waals surface area (Å²) in [5, 5.41) is 13.6. The molecule has 0 spiro atoms. The van der Waals surface area contributed by atoms with E-state index in [2.05, 4.69) is 10.6 Å². The van der Waals surface area contributed by atoms with Gasteiger partial charge in [-0.05, 0) is 49.8 Å². The van der Waals surface area contributed by atoms with Gasteiger partial charge >= 0.3 is 5.97 Å².